The topological polar surface area (TPSA) is 99.9 Å². The van der Waals surface area contributed by atoms with Gasteiger partial charge in [0.15, 0.2) is 5.82 Å². The fourth-order valence-corrected chi connectivity index (χ4v) is 3.65. The number of hydrogen-bond donors (Lipinski definition) is 2. The minimum Gasteiger partial charge on any atom is -0.395 e. The van der Waals surface area contributed by atoms with E-state index in [9.17, 15) is 9.90 Å². The fourth-order valence-electron chi connectivity index (χ4n) is 3.65. The van der Waals surface area contributed by atoms with Crippen LogP contribution in [0, 0.1) is 6.92 Å². The summed E-state index contributed by atoms with van der Waals surface area (Å²) in [6.07, 6.45) is 0.751. The summed E-state index contributed by atoms with van der Waals surface area (Å²) in [6.45, 7) is 11.0. The van der Waals surface area contributed by atoms with E-state index in [1.54, 1.807) is 0 Å². The third-order valence-electron chi connectivity index (χ3n) is 5.09. The number of pyridine rings is 1. The lowest BCUT2D eigenvalue weighted by Gasteiger charge is -2.31. The molecule has 2 aromatic heterocycles. The molecule has 0 aliphatic carbocycles. The minimum absolute atomic E-state index is 0.0156. The molecule has 156 valence electrons. The van der Waals surface area contributed by atoms with Crippen molar-refractivity contribution in [2.75, 3.05) is 13.2 Å². The molecule has 29 heavy (non-hydrogen) atoms. The van der Waals surface area contributed by atoms with Crippen molar-refractivity contribution in [3.63, 3.8) is 0 Å². The highest BCUT2D eigenvalue weighted by molar-refractivity contribution is 5.79. The zero-order chi connectivity index (χ0) is 21.2. The molecule has 8 nitrogen and oxygen atoms in total. The van der Waals surface area contributed by atoms with E-state index in [0.29, 0.717) is 18.7 Å². The molecule has 0 bridgehead atoms. The average molecular weight is 399 g/mol. The van der Waals surface area contributed by atoms with Crippen molar-refractivity contribution >= 4 is 10.9 Å². The van der Waals surface area contributed by atoms with E-state index in [2.05, 4.69) is 32.3 Å². The van der Waals surface area contributed by atoms with Crippen molar-refractivity contribution in [1.82, 2.24) is 30.1 Å². The number of nitrogens with zero attached hydrogens (tertiary/aromatic N) is 5. The summed E-state index contributed by atoms with van der Waals surface area (Å²) in [6, 6.07) is 7.82. The summed E-state index contributed by atoms with van der Waals surface area (Å²) in [5, 5.41) is 23.0. The molecule has 1 atom stereocenters. The van der Waals surface area contributed by atoms with Gasteiger partial charge in [-0.1, -0.05) is 19.1 Å². The lowest BCUT2D eigenvalue weighted by molar-refractivity contribution is 0.127. The van der Waals surface area contributed by atoms with E-state index >= 15 is 0 Å². The molecule has 0 aliphatic rings. The first kappa shape index (κ1) is 21.1. The van der Waals surface area contributed by atoms with Crippen LogP contribution < -0.4 is 5.56 Å². The van der Waals surface area contributed by atoms with Gasteiger partial charge in [-0.2, -0.15) is 0 Å². The van der Waals surface area contributed by atoms with Crippen LogP contribution in [0.5, 0.6) is 0 Å². The van der Waals surface area contributed by atoms with E-state index in [1.807, 2.05) is 56.6 Å². The van der Waals surface area contributed by atoms with E-state index < -0.39 is 0 Å². The van der Waals surface area contributed by atoms with E-state index in [1.165, 1.54) is 0 Å². The normalized spacial score (nSPS) is 13.3. The van der Waals surface area contributed by atoms with Crippen molar-refractivity contribution in [1.29, 1.82) is 0 Å². The standard InChI is InChI=1S/C21H30N6O2/c1-6-18(19-23-24-25-27(19)21(3,4)5)26(9-10-28)13-16-12-15-8-7-14(2)11-17(15)22-20(16)29/h7-8,11-12,18,28H,6,9-10,13H2,1-5H3,(H,22,29). The number of tetrazole rings is 1. The quantitative estimate of drug-likeness (QED) is 0.634. The summed E-state index contributed by atoms with van der Waals surface area (Å²) in [5.41, 5.74) is 2.20. The number of nitrogens with one attached hydrogen (secondary N) is 1. The van der Waals surface area contributed by atoms with Crippen LogP contribution in [0.4, 0.5) is 0 Å². The van der Waals surface area contributed by atoms with Crippen molar-refractivity contribution in [2.45, 2.75) is 59.2 Å². The number of benzene rings is 1. The second-order valence-electron chi connectivity index (χ2n) is 8.45. The highest BCUT2D eigenvalue weighted by Gasteiger charge is 2.29. The Bertz CT molecular complexity index is 1030. The molecule has 1 aromatic carbocycles. The Labute approximate surface area is 170 Å². The van der Waals surface area contributed by atoms with Crippen molar-refractivity contribution in [2.24, 2.45) is 0 Å². The Morgan fingerprint density at radius 1 is 1.28 bits per heavy atom. The molecular weight excluding hydrogens is 368 g/mol. The second-order valence-corrected chi connectivity index (χ2v) is 8.45. The van der Waals surface area contributed by atoms with Crippen LogP contribution in [0.15, 0.2) is 29.1 Å². The number of aryl methyl sites for hydroxylation is 1. The van der Waals surface area contributed by atoms with Crippen molar-refractivity contribution < 1.29 is 5.11 Å². The molecule has 8 heteroatoms. The summed E-state index contributed by atoms with van der Waals surface area (Å²) in [5.74, 6) is 0.737. The Morgan fingerprint density at radius 2 is 2.03 bits per heavy atom. The lowest BCUT2D eigenvalue weighted by Crippen LogP contribution is -2.36. The van der Waals surface area contributed by atoms with Gasteiger partial charge in [-0.15, -0.1) is 5.10 Å². The Kier molecular flexibility index (Phi) is 6.14. The number of aromatic amines is 1. The van der Waals surface area contributed by atoms with Crippen molar-refractivity contribution in [3.05, 3.63) is 51.6 Å². The molecule has 0 aliphatic heterocycles. The first-order valence-electron chi connectivity index (χ1n) is 10.0. The van der Waals surface area contributed by atoms with Crippen LogP contribution in [0.2, 0.25) is 0 Å². The minimum atomic E-state index is -0.268. The van der Waals surface area contributed by atoms with Gasteiger partial charge in [0.2, 0.25) is 0 Å². The summed E-state index contributed by atoms with van der Waals surface area (Å²) < 4.78 is 1.82. The first-order valence-corrected chi connectivity index (χ1v) is 10.0. The molecular formula is C21H30N6O2. The summed E-state index contributed by atoms with van der Waals surface area (Å²) in [7, 11) is 0. The predicted octanol–water partition coefficient (Wildman–Crippen LogP) is 2.52. The maximum atomic E-state index is 12.7. The zero-order valence-electron chi connectivity index (χ0n) is 17.8. The molecule has 2 N–H and O–H groups in total. The number of aliphatic hydroxyl groups excluding tert-OH is 1. The number of aromatic nitrogens is 5. The molecule has 0 spiro atoms. The van der Waals surface area contributed by atoms with Crippen LogP contribution in [-0.4, -0.2) is 48.3 Å². The smallest absolute Gasteiger partial charge is 0.252 e. The zero-order valence-corrected chi connectivity index (χ0v) is 17.8. The maximum Gasteiger partial charge on any atom is 0.252 e. The van der Waals surface area contributed by atoms with E-state index in [-0.39, 0.29) is 23.7 Å². The Balaban J connectivity index is 1.99. The van der Waals surface area contributed by atoms with Gasteiger partial charge < -0.3 is 10.1 Å². The largest absolute Gasteiger partial charge is 0.395 e. The average Bonchev–Trinajstić information content (AvgIpc) is 3.13. The number of aliphatic hydroxyl groups is 1. The highest BCUT2D eigenvalue weighted by Crippen LogP contribution is 2.27. The van der Waals surface area contributed by atoms with Gasteiger partial charge >= 0.3 is 0 Å². The summed E-state index contributed by atoms with van der Waals surface area (Å²) >= 11 is 0. The molecule has 0 radical (unpaired) electrons. The number of H-pyrrole nitrogens is 1. The molecule has 3 aromatic rings. The van der Waals surface area contributed by atoms with E-state index in [0.717, 1.165) is 28.7 Å². The van der Waals surface area contributed by atoms with Crippen LogP contribution in [-0.2, 0) is 12.1 Å². The van der Waals surface area contributed by atoms with Crippen LogP contribution in [0.3, 0.4) is 0 Å². The lowest BCUT2D eigenvalue weighted by atomic mass is 10.1. The molecule has 1 unspecified atom stereocenters. The third-order valence-corrected chi connectivity index (χ3v) is 5.09. The van der Waals surface area contributed by atoms with Gasteiger partial charge in [-0.3, -0.25) is 9.69 Å². The highest BCUT2D eigenvalue weighted by atomic mass is 16.3. The van der Waals surface area contributed by atoms with Gasteiger partial charge in [0.25, 0.3) is 5.56 Å². The monoisotopic (exact) mass is 398 g/mol. The predicted molar refractivity (Wildman–Crippen MR) is 113 cm³/mol. The van der Waals surface area contributed by atoms with Gasteiger partial charge in [0.05, 0.1) is 18.2 Å². The molecule has 0 amide bonds. The number of hydrogen-bond acceptors (Lipinski definition) is 6. The Hall–Kier alpha value is -2.58. The van der Waals surface area contributed by atoms with Gasteiger partial charge in [0, 0.05) is 24.2 Å². The summed E-state index contributed by atoms with van der Waals surface area (Å²) in [4.78, 5) is 17.8. The van der Waals surface area contributed by atoms with Crippen LogP contribution in [0.25, 0.3) is 10.9 Å². The SMILES string of the molecule is CCC(c1nnnn1C(C)(C)C)N(CCO)Cc1cc2ccc(C)cc2[nH]c1=O. The first-order chi connectivity index (χ1) is 13.7. The molecule has 3 rings (SSSR count). The van der Waals surface area contributed by atoms with Crippen molar-refractivity contribution in [3.8, 4) is 0 Å². The third kappa shape index (κ3) is 4.54. The number of rotatable bonds is 7. The Morgan fingerprint density at radius 3 is 2.69 bits per heavy atom. The van der Waals surface area contributed by atoms with Crippen LogP contribution in [0.1, 0.15) is 57.1 Å². The molecule has 0 saturated carbocycles. The van der Waals surface area contributed by atoms with Gasteiger partial charge in [-0.25, -0.2) is 4.68 Å². The van der Waals surface area contributed by atoms with Gasteiger partial charge in [-0.05, 0) is 67.6 Å². The van der Waals surface area contributed by atoms with E-state index in [4.69, 9.17) is 0 Å². The van der Waals surface area contributed by atoms with Crippen LogP contribution >= 0.6 is 0 Å². The number of fused-ring (bicyclic) bond motifs is 1. The van der Waals surface area contributed by atoms with Gasteiger partial charge in [0.1, 0.15) is 0 Å². The molecule has 0 saturated heterocycles. The fraction of sp³-hybridized carbons (Fsp3) is 0.524. The maximum absolute atomic E-state index is 12.7. The molecule has 0 fully saturated rings. The molecule has 2 heterocycles. The second kappa shape index (κ2) is 8.42.